The van der Waals surface area contributed by atoms with E-state index >= 15 is 0 Å². The third kappa shape index (κ3) is 3.59. The lowest BCUT2D eigenvalue weighted by molar-refractivity contribution is 0.0642. The van der Waals surface area contributed by atoms with Gasteiger partial charge in [0.25, 0.3) is 11.8 Å². The summed E-state index contributed by atoms with van der Waals surface area (Å²) in [4.78, 5) is 31.6. The lowest BCUT2D eigenvalue weighted by atomic mass is 9.97. The van der Waals surface area contributed by atoms with Crippen LogP contribution in [0.25, 0.3) is 22.4 Å². The fourth-order valence-electron chi connectivity index (χ4n) is 3.95. The molecule has 5 heteroatoms. The summed E-state index contributed by atoms with van der Waals surface area (Å²) in [6.45, 7) is 2.20. The Hall–Kier alpha value is -3.76. The van der Waals surface area contributed by atoms with Gasteiger partial charge >= 0.3 is 0 Å². The highest BCUT2D eigenvalue weighted by Crippen LogP contribution is 2.33. The molecule has 3 aromatic carbocycles. The standard InChI is InChI=1S/C27H19ClN2O2/c1-17-6-8-20(9-7-17)25-24(19-10-12-21(28)13-11-19)14-18(15-29-25)16-30-26(31)22-4-2-3-5-23(22)27(30)32/h2-15H,16H2,1H3. The van der Waals surface area contributed by atoms with Crippen LogP contribution in [0.3, 0.4) is 0 Å². The van der Waals surface area contributed by atoms with Gasteiger partial charge in [-0.25, -0.2) is 0 Å². The van der Waals surface area contributed by atoms with Crippen molar-refractivity contribution >= 4 is 23.4 Å². The van der Waals surface area contributed by atoms with Gasteiger partial charge < -0.3 is 0 Å². The van der Waals surface area contributed by atoms with Gasteiger partial charge in [0.1, 0.15) is 0 Å². The highest BCUT2D eigenvalue weighted by Gasteiger charge is 2.35. The number of hydrogen-bond acceptors (Lipinski definition) is 3. The summed E-state index contributed by atoms with van der Waals surface area (Å²) in [5.74, 6) is -0.553. The number of rotatable bonds is 4. The maximum Gasteiger partial charge on any atom is 0.261 e. The second kappa shape index (κ2) is 8.06. The normalized spacial score (nSPS) is 12.9. The topological polar surface area (TPSA) is 50.3 Å². The van der Waals surface area contributed by atoms with Crippen molar-refractivity contribution in [2.75, 3.05) is 0 Å². The number of halogens is 1. The number of benzene rings is 3. The minimum absolute atomic E-state index is 0.161. The van der Waals surface area contributed by atoms with E-state index in [1.54, 1.807) is 30.5 Å². The van der Waals surface area contributed by atoms with Crippen molar-refractivity contribution in [2.45, 2.75) is 13.5 Å². The van der Waals surface area contributed by atoms with Gasteiger partial charge in [0.2, 0.25) is 0 Å². The highest BCUT2D eigenvalue weighted by atomic mass is 35.5. The number of pyridine rings is 1. The number of nitrogens with zero attached hydrogens (tertiary/aromatic N) is 2. The maximum atomic E-state index is 12.8. The number of imide groups is 1. The molecule has 0 fully saturated rings. The molecule has 0 N–H and O–H groups in total. The van der Waals surface area contributed by atoms with Crippen LogP contribution in [0.4, 0.5) is 0 Å². The number of hydrogen-bond donors (Lipinski definition) is 0. The first-order valence-electron chi connectivity index (χ1n) is 10.3. The molecule has 0 aliphatic carbocycles. The second-order valence-electron chi connectivity index (χ2n) is 7.85. The van der Waals surface area contributed by atoms with E-state index in [1.807, 2.05) is 49.4 Å². The molecule has 0 bridgehead atoms. The number of aromatic nitrogens is 1. The minimum atomic E-state index is -0.277. The number of fused-ring (bicyclic) bond motifs is 1. The predicted octanol–water partition coefficient (Wildman–Crippen LogP) is 6.17. The molecule has 0 atom stereocenters. The monoisotopic (exact) mass is 438 g/mol. The lowest BCUT2D eigenvalue weighted by Gasteiger charge is -2.16. The zero-order valence-electron chi connectivity index (χ0n) is 17.4. The zero-order valence-corrected chi connectivity index (χ0v) is 18.1. The molecule has 0 radical (unpaired) electrons. The van der Waals surface area contributed by atoms with E-state index in [0.29, 0.717) is 16.1 Å². The van der Waals surface area contributed by atoms with Gasteiger partial charge in [-0.15, -0.1) is 0 Å². The molecule has 4 nitrogen and oxygen atoms in total. The Kier molecular flexibility index (Phi) is 5.08. The van der Waals surface area contributed by atoms with E-state index < -0.39 is 0 Å². The largest absolute Gasteiger partial charge is 0.270 e. The van der Waals surface area contributed by atoms with Gasteiger partial charge in [0, 0.05) is 22.3 Å². The first-order valence-corrected chi connectivity index (χ1v) is 10.7. The molecule has 1 aliphatic heterocycles. The Bertz CT molecular complexity index is 1310. The van der Waals surface area contributed by atoms with E-state index in [9.17, 15) is 9.59 Å². The molecule has 0 saturated heterocycles. The molecule has 0 spiro atoms. The van der Waals surface area contributed by atoms with Crippen molar-refractivity contribution in [3.05, 3.63) is 112 Å². The molecule has 32 heavy (non-hydrogen) atoms. The van der Waals surface area contributed by atoms with Crippen LogP contribution in [0.1, 0.15) is 31.8 Å². The predicted molar refractivity (Wildman–Crippen MR) is 126 cm³/mol. The first-order chi connectivity index (χ1) is 15.5. The van der Waals surface area contributed by atoms with Crippen molar-refractivity contribution in [3.63, 3.8) is 0 Å². The smallest absolute Gasteiger partial charge is 0.261 e. The van der Waals surface area contributed by atoms with Crippen LogP contribution in [-0.2, 0) is 6.54 Å². The highest BCUT2D eigenvalue weighted by molar-refractivity contribution is 6.30. The second-order valence-corrected chi connectivity index (χ2v) is 8.29. The van der Waals surface area contributed by atoms with Crippen LogP contribution >= 0.6 is 11.6 Å². The maximum absolute atomic E-state index is 12.8. The summed E-state index contributed by atoms with van der Waals surface area (Å²) in [7, 11) is 0. The molecule has 1 aliphatic rings. The van der Waals surface area contributed by atoms with E-state index in [0.717, 1.165) is 27.9 Å². The van der Waals surface area contributed by atoms with E-state index in [-0.39, 0.29) is 18.4 Å². The van der Waals surface area contributed by atoms with Gasteiger partial charge in [-0.3, -0.25) is 19.5 Å². The number of aryl methyl sites for hydroxylation is 1. The summed E-state index contributed by atoms with van der Waals surface area (Å²) in [5, 5.41) is 0.653. The minimum Gasteiger partial charge on any atom is -0.270 e. The molecular formula is C27H19ClN2O2. The molecular weight excluding hydrogens is 420 g/mol. The average Bonchev–Trinajstić information content (AvgIpc) is 3.05. The molecule has 156 valence electrons. The summed E-state index contributed by atoms with van der Waals surface area (Å²) in [5.41, 5.74) is 6.54. The van der Waals surface area contributed by atoms with Crippen LogP contribution in [0.2, 0.25) is 5.02 Å². The van der Waals surface area contributed by atoms with Crippen LogP contribution in [0.5, 0.6) is 0 Å². The Morgan fingerprint density at radius 3 is 2.00 bits per heavy atom. The molecule has 5 rings (SSSR count). The van der Waals surface area contributed by atoms with Gasteiger partial charge in [-0.1, -0.05) is 65.7 Å². The fourth-order valence-corrected chi connectivity index (χ4v) is 4.08. The average molecular weight is 439 g/mol. The van der Waals surface area contributed by atoms with E-state index in [1.165, 1.54) is 10.5 Å². The Labute approximate surface area is 191 Å². The van der Waals surface area contributed by atoms with Crippen molar-refractivity contribution in [2.24, 2.45) is 0 Å². The van der Waals surface area contributed by atoms with Crippen molar-refractivity contribution < 1.29 is 9.59 Å². The summed E-state index contributed by atoms with van der Waals surface area (Å²) < 4.78 is 0. The van der Waals surface area contributed by atoms with E-state index in [4.69, 9.17) is 16.6 Å². The molecule has 2 heterocycles. The molecule has 2 amide bonds. The third-order valence-corrected chi connectivity index (χ3v) is 5.90. The number of amides is 2. The van der Waals surface area contributed by atoms with Gasteiger partial charge in [-0.05, 0) is 48.4 Å². The molecule has 4 aromatic rings. The molecule has 0 unspecified atom stereocenters. The summed E-state index contributed by atoms with van der Waals surface area (Å²) in [6, 6.07) is 24.7. The fraction of sp³-hybridized carbons (Fsp3) is 0.0741. The van der Waals surface area contributed by atoms with Crippen molar-refractivity contribution in [1.82, 2.24) is 9.88 Å². The Morgan fingerprint density at radius 1 is 0.781 bits per heavy atom. The van der Waals surface area contributed by atoms with Crippen LogP contribution in [0, 0.1) is 6.92 Å². The quantitative estimate of drug-likeness (QED) is 0.358. The number of carbonyl (C=O) groups excluding carboxylic acids is 2. The van der Waals surface area contributed by atoms with Gasteiger partial charge in [0.05, 0.1) is 23.4 Å². The van der Waals surface area contributed by atoms with Crippen LogP contribution < -0.4 is 0 Å². The van der Waals surface area contributed by atoms with Crippen molar-refractivity contribution in [3.8, 4) is 22.4 Å². The van der Waals surface area contributed by atoms with Crippen LogP contribution in [0.15, 0.2) is 85.1 Å². The third-order valence-electron chi connectivity index (χ3n) is 5.64. The van der Waals surface area contributed by atoms with Gasteiger partial charge in [-0.2, -0.15) is 0 Å². The van der Waals surface area contributed by atoms with Crippen molar-refractivity contribution in [1.29, 1.82) is 0 Å². The Balaban J connectivity index is 1.55. The summed E-state index contributed by atoms with van der Waals surface area (Å²) >= 11 is 6.10. The number of carbonyl (C=O) groups is 2. The first kappa shape index (κ1) is 20.2. The lowest BCUT2D eigenvalue weighted by Crippen LogP contribution is -2.29. The van der Waals surface area contributed by atoms with Crippen LogP contribution in [-0.4, -0.2) is 21.7 Å². The Morgan fingerprint density at radius 2 is 1.38 bits per heavy atom. The van der Waals surface area contributed by atoms with Gasteiger partial charge in [0.15, 0.2) is 0 Å². The summed E-state index contributed by atoms with van der Waals surface area (Å²) in [6.07, 6.45) is 1.73. The zero-order chi connectivity index (χ0) is 22.2. The molecule has 0 saturated carbocycles. The molecule has 1 aromatic heterocycles. The SMILES string of the molecule is Cc1ccc(-c2ncc(CN3C(=O)c4ccccc4C3=O)cc2-c2ccc(Cl)cc2)cc1. The van der Waals surface area contributed by atoms with E-state index in [2.05, 4.69) is 12.1 Å².